The van der Waals surface area contributed by atoms with Crippen molar-refractivity contribution in [3.05, 3.63) is 70.3 Å². The SMILES string of the molecule is CC1CN(S(=O)(=O)c2cccc([N+](=O)[O-])c2)CCN1Cc1ccccc1. The third-order valence-electron chi connectivity index (χ3n) is 4.62. The van der Waals surface area contributed by atoms with Gasteiger partial charge in [-0.05, 0) is 18.6 Å². The van der Waals surface area contributed by atoms with E-state index >= 15 is 0 Å². The fraction of sp³-hybridized carbons (Fsp3) is 0.333. The van der Waals surface area contributed by atoms with E-state index in [2.05, 4.69) is 17.0 Å². The molecule has 1 heterocycles. The molecule has 1 saturated heterocycles. The lowest BCUT2D eigenvalue weighted by molar-refractivity contribution is -0.385. The van der Waals surface area contributed by atoms with Crippen molar-refractivity contribution in [1.82, 2.24) is 9.21 Å². The first-order valence-corrected chi connectivity index (χ1v) is 9.84. The number of nitro groups is 1. The summed E-state index contributed by atoms with van der Waals surface area (Å²) in [6, 6.07) is 15.3. The van der Waals surface area contributed by atoms with Gasteiger partial charge in [-0.25, -0.2) is 8.42 Å². The van der Waals surface area contributed by atoms with Gasteiger partial charge in [0.25, 0.3) is 5.69 Å². The monoisotopic (exact) mass is 375 g/mol. The molecule has 0 radical (unpaired) electrons. The number of non-ortho nitro benzene ring substituents is 1. The second kappa shape index (κ2) is 7.53. The Morgan fingerprint density at radius 3 is 2.50 bits per heavy atom. The van der Waals surface area contributed by atoms with Crippen LogP contribution in [0.2, 0.25) is 0 Å². The van der Waals surface area contributed by atoms with E-state index in [1.807, 2.05) is 25.1 Å². The molecule has 0 N–H and O–H groups in total. The molecule has 1 unspecified atom stereocenters. The summed E-state index contributed by atoms with van der Waals surface area (Å²) < 4.78 is 27.1. The van der Waals surface area contributed by atoms with Crippen LogP contribution in [0.4, 0.5) is 5.69 Å². The Kier molecular flexibility index (Phi) is 5.36. The average Bonchev–Trinajstić information content (AvgIpc) is 2.64. The predicted octanol–water partition coefficient (Wildman–Crippen LogP) is 2.49. The Balaban J connectivity index is 1.73. The first-order valence-electron chi connectivity index (χ1n) is 8.40. The van der Waals surface area contributed by atoms with Crippen LogP contribution in [0.25, 0.3) is 0 Å². The summed E-state index contributed by atoms with van der Waals surface area (Å²) in [7, 11) is -3.75. The number of piperazine rings is 1. The molecule has 2 aromatic carbocycles. The van der Waals surface area contributed by atoms with E-state index in [-0.39, 0.29) is 16.6 Å². The van der Waals surface area contributed by atoms with Gasteiger partial charge in [0.15, 0.2) is 0 Å². The van der Waals surface area contributed by atoms with Gasteiger partial charge in [0, 0.05) is 44.4 Å². The van der Waals surface area contributed by atoms with Crippen molar-refractivity contribution in [2.45, 2.75) is 24.4 Å². The normalized spacial score (nSPS) is 19.3. The fourth-order valence-electron chi connectivity index (χ4n) is 3.14. The molecule has 0 bridgehead atoms. The highest BCUT2D eigenvalue weighted by Crippen LogP contribution is 2.24. The zero-order valence-electron chi connectivity index (χ0n) is 14.5. The van der Waals surface area contributed by atoms with Crippen LogP contribution in [-0.4, -0.2) is 48.2 Å². The summed E-state index contributed by atoms with van der Waals surface area (Å²) in [5.41, 5.74) is 0.969. The van der Waals surface area contributed by atoms with Gasteiger partial charge in [0.05, 0.1) is 9.82 Å². The molecule has 1 atom stereocenters. The van der Waals surface area contributed by atoms with Gasteiger partial charge in [-0.15, -0.1) is 0 Å². The molecule has 1 aliphatic heterocycles. The van der Waals surface area contributed by atoms with E-state index in [1.54, 1.807) is 0 Å². The van der Waals surface area contributed by atoms with Crippen molar-refractivity contribution in [3.63, 3.8) is 0 Å². The van der Waals surface area contributed by atoms with Crippen LogP contribution in [0.3, 0.4) is 0 Å². The van der Waals surface area contributed by atoms with Gasteiger partial charge in [-0.3, -0.25) is 15.0 Å². The van der Waals surface area contributed by atoms with E-state index in [0.717, 1.165) is 12.6 Å². The number of nitrogens with zero attached hydrogens (tertiary/aromatic N) is 3. The maximum atomic E-state index is 12.9. The minimum absolute atomic E-state index is 0.0320. The Bertz CT molecular complexity index is 886. The third kappa shape index (κ3) is 3.92. The van der Waals surface area contributed by atoms with Gasteiger partial charge < -0.3 is 0 Å². The highest BCUT2D eigenvalue weighted by molar-refractivity contribution is 7.89. The van der Waals surface area contributed by atoms with E-state index in [9.17, 15) is 18.5 Å². The third-order valence-corrected chi connectivity index (χ3v) is 6.48. The quantitative estimate of drug-likeness (QED) is 0.592. The summed E-state index contributed by atoms with van der Waals surface area (Å²) in [6.07, 6.45) is 0. The molecule has 138 valence electrons. The lowest BCUT2D eigenvalue weighted by atomic mass is 10.1. The summed E-state index contributed by atoms with van der Waals surface area (Å²) in [4.78, 5) is 12.5. The summed E-state index contributed by atoms with van der Waals surface area (Å²) >= 11 is 0. The average molecular weight is 375 g/mol. The van der Waals surface area contributed by atoms with Crippen LogP contribution in [0.5, 0.6) is 0 Å². The molecule has 3 rings (SSSR count). The predicted molar refractivity (Wildman–Crippen MR) is 98.2 cm³/mol. The molecule has 7 nitrogen and oxygen atoms in total. The molecule has 26 heavy (non-hydrogen) atoms. The van der Waals surface area contributed by atoms with Crippen molar-refractivity contribution < 1.29 is 13.3 Å². The first-order chi connectivity index (χ1) is 12.4. The molecule has 0 amide bonds. The number of rotatable bonds is 5. The largest absolute Gasteiger partial charge is 0.294 e. The van der Waals surface area contributed by atoms with E-state index in [4.69, 9.17) is 0 Å². The fourth-order valence-corrected chi connectivity index (χ4v) is 4.69. The van der Waals surface area contributed by atoms with Crippen LogP contribution in [0.1, 0.15) is 12.5 Å². The number of nitro benzene ring substituents is 1. The van der Waals surface area contributed by atoms with Gasteiger partial charge >= 0.3 is 0 Å². The zero-order chi connectivity index (χ0) is 18.7. The van der Waals surface area contributed by atoms with Crippen molar-refractivity contribution >= 4 is 15.7 Å². The number of hydrogen-bond donors (Lipinski definition) is 0. The van der Waals surface area contributed by atoms with Crippen LogP contribution in [-0.2, 0) is 16.6 Å². The van der Waals surface area contributed by atoms with Crippen molar-refractivity contribution in [2.24, 2.45) is 0 Å². The minimum atomic E-state index is -3.75. The van der Waals surface area contributed by atoms with Gasteiger partial charge in [-0.2, -0.15) is 4.31 Å². The molecule has 0 aliphatic carbocycles. The molecule has 8 heteroatoms. The summed E-state index contributed by atoms with van der Waals surface area (Å²) in [5.74, 6) is 0. The van der Waals surface area contributed by atoms with Gasteiger partial charge in [-0.1, -0.05) is 36.4 Å². The van der Waals surface area contributed by atoms with Crippen LogP contribution in [0, 0.1) is 10.1 Å². The number of hydrogen-bond acceptors (Lipinski definition) is 5. The lowest BCUT2D eigenvalue weighted by Crippen LogP contribution is -2.53. The van der Waals surface area contributed by atoms with Crippen molar-refractivity contribution in [3.8, 4) is 0 Å². The molecule has 0 saturated carbocycles. The van der Waals surface area contributed by atoms with Crippen LogP contribution < -0.4 is 0 Å². The zero-order valence-corrected chi connectivity index (χ0v) is 15.3. The highest BCUT2D eigenvalue weighted by atomic mass is 32.2. The molecule has 2 aromatic rings. The first kappa shape index (κ1) is 18.5. The molecule has 0 spiro atoms. The van der Waals surface area contributed by atoms with E-state index in [1.165, 1.54) is 28.1 Å². The molecule has 0 aromatic heterocycles. The maximum absolute atomic E-state index is 12.9. The minimum Gasteiger partial charge on any atom is -0.294 e. The molecule has 1 aliphatic rings. The maximum Gasteiger partial charge on any atom is 0.270 e. The second-order valence-electron chi connectivity index (χ2n) is 6.42. The van der Waals surface area contributed by atoms with Gasteiger partial charge in [0.1, 0.15) is 0 Å². The smallest absolute Gasteiger partial charge is 0.270 e. The lowest BCUT2D eigenvalue weighted by Gasteiger charge is -2.39. The van der Waals surface area contributed by atoms with Crippen LogP contribution in [0.15, 0.2) is 59.5 Å². The summed E-state index contributed by atoms with van der Waals surface area (Å²) in [5, 5.41) is 10.9. The van der Waals surface area contributed by atoms with Gasteiger partial charge in [0.2, 0.25) is 10.0 Å². The molecule has 1 fully saturated rings. The standard InChI is InChI=1S/C18H21N3O4S/c1-15-13-20(11-10-19(15)14-16-6-3-2-4-7-16)26(24,25)18-9-5-8-17(12-18)21(22)23/h2-9,12,15H,10-11,13-14H2,1H3. The molecular formula is C18H21N3O4S. The Labute approximate surface area is 153 Å². The molecular weight excluding hydrogens is 354 g/mol. The van der Waals surface area contributed by atoms with E-state index < -0.39 is 14.9 Å². The number of benzene rings is 2. The summed E-state index contributed by atoms with van der Waals surface area (Å²) in [6.45, 7) is 4.11. The Morgan fingerprint density at radius 2 is 1.85 bits per heavy atom. The Hall–Kier alpha value is -2.29. The number of sulfonamides is 1. The highest BCUT2D eigenvalue weighted by Gasteiger charge is 2.32. The van der Waals surface area contributed by atoms with Crippen molar-refractivity contribution in [2.75, 3.05) is 19.6 Å². The Morgan fingerprint density at radius 1 is 1.12 bits per heavy atom. The van der Waals surface area contributed by atoms with E-state index in [0.29, 0.717) is 19.6 Å². The topological polar surface area (TPSA) is 83.8 Å². The van der Waals surface area contributed by atoms with Crippen LogP contribution >= 0.6 is 0 Å². The van der Waals surface area contributed by atoms with Crippen molar-refractivity contribution in [1.29, 1.82) is 0 Å². The second-order valence-corrected chi connectivity index (χ2v) is 8.36.